The Balaban J connectivity index is 0.000000653. The summed E-state index contributed by atoms with van der Waals surface area (Å²) in [6.07, 6.45) is 0. The monoisotopic (exact) mass is 208 g/mol. The summed E-state index contributed by atoms with van der Waals surface area (Å²) in [7, 11) is 0. The minimum atomic E-state index is 0. The fraction of sp³-hybridized carbons (Fsp3) is 0. The Bertz CT molecular complexity index is 346. The normalized spacial score (nSPS) is 10.5. The largest absolute Gasteiger partial charge is 3.00 e. The van der Waals surface area contributed by atoms with Crippen LogP contribution in [0.25, 0.3) is 22.3 Å². The predicted molar refractivity (Wildman–Crippen MR) is 50.9 cm³/mol. The SMILES string of the molecule is [Fe+3].c1ccc2c(c1)-c1ccccc1-2. The summed E-state index contributed by atoms with van der Waals surface area (Å²) in [6, 6.07) is 17.1. The van der Waals surface area contributed by atoms with Gasteiger partial charge in [-0.2, -0.15) is 0 Å². The molecule has 0 saturated heterocycles. The van der Waals surface area contributed by atoms with E-state index in [1.807, 2.05) is 0 Å². The van der Waals surface area contributed by atoms with Crippen LogP contribution in [0.2, 0.25) is 0 Å². The van der Waals surface area contributed by atoms with E-state index in [9.17, 15) is 0 Å². The molecule has 0 aromatic heterocycles. The quantitative estimate of drug-likeness (QED) is 0.497. The molecule has 0 atom stereocenters. The molecule has 0 bridgehead atoms. The third-order valence-electron chi connectivity index (χ3n) is 2.43. The van der Waals surface area contributed by atoms with Crippen LogP contribution in [0.15, 0.2) is 48.5 Å². The molecule has 3 rings (SSSR count). The third-order valence-corrected chi connectivity index (χ3v) is 2.43. The number of hydrogen-bond donors (Lipinski definition) is 0. The average Bonchev–Trinajstić information content (AvgIpc) is 2.14. The molecule has 0 amide bonds. The standard InChI is InChI=1S/C12H8.Fe/c1-2-6-10-9(5-1)11-7-3-4-8-12(10)11;/h1-8H;/q;+3. The van der Waals surface area contributed by atoms with Crippen LogP contribution in [0, 0.1) is 0 Å². The summed E-state index contributed by atoms with van der Waals surface area (Å²) in [5.41, 5.74) is 5.59. The molecule has 0 nitrogen and oxygen atoms in total. The molecule has 0 aliphatic heterocycles. The van der Waals surface area contributed by atoms with Gasteiger partial charge in [-0.25, -0.2) is 0 Å². The van der Waals surface area contributed by atoms with Crippen molar-refractivity contribution in [1.29, 1.82) is 0 Å². The summed E-state index contributed by atoms with van der Waals surface area (Å²) in [5, 5.41) is 0. The van der Waals surface area contributed by atoms with Crippen molar-refractivity contribution >= 4 is 0 Å². The summed E-state index contributed by atoms with van der Waals surface area (Å²) in [5.74, 6) is 0. The fourth-order valence-corrected chi connectivity index (χ4v) is 1.84. The van der Waals surface area contributed by atoms with Crippen molar-refractivity contribution in [3.8, 4) is 22.3 Å². The molecule has 1 aliphatic rings. The van der Waals surface area contributed by atoms with Crippen LogP contribution in [0.1, 0.15) is 0 Å². The van der Waals surface area contributed by atoms with Crippen LogP contribution in [0.5, 0.6) is 0 Å². The topological polar surface area (TPSA) is 0 Å². The van der Waals surface area contributed by atoms with Gasteiger partial charge in [-0.3, -0.25) is 0 Å². The molecular weight excluding hydrogens is 200 g/mol. The molecule has 0 spiro atoms. The molecule has 0 saturated carbocycles. The summed E-state index contributed by atoms with van der Waals surface area (Å²) < 4.78 is 0. The van der Waals surface area contributed by atoms with Crippen LogP contribution in [-0.4, -0.2) is 0 Å². The van der Waals surface area contributed by atoms with Gasteiger partial charge in [0.15, 0.2) is 0 Å². The zero-order valence-electron chi connectivity index (χ0n) is 6.97. The first kappa shape index (κ1) is 8.55. The second kappa shape index (κ2) is 3.02. The van der Waals surface area contributed by atoms with Crippen molar-refractivity contribution < 1.29 is 17.1 Å². The van der Waals surface area contributed by atoms with Gasteiger partial charge >= 0.3 is 17.1 Å². The van der Waals surface area contributed by atoms with Gasteiger partial charge in [0, 0.05) is 0 Å². The van der Waals surface area contributed by atoms with Gasteiger partial charge in [-0.1, -0.05) is 48.5 Å². The number of hydrogen-bond acceptors (Lipinski definition) is 0. The Morgan fingerprint density at radius 1 is 0.462 bits per heavy atom. The second-order valence-electron chi connectivity index (χ2n) is 3.09. The van der Waals surface area contributed by atoms with Crippen molar-refractivity contribution in [3.05, 3.63) is 48.5 Å². The van der Waals surface area contributed by atoms with Crippen LogP contribution >= 0.6 is 0 Å². The van der Waals surface area contributed by atoms with E-state index >= 15 is 0 Å². The molecule has 13 heavy (non-hydrogen) atoms. The Kier molecular flexibility index (Phi) is 1.99. The van der Waals surface area contributed by atoms with E-state index in [1.54, 1.807) is 0 Å². The van der Waals surface area contributed by atoms with E-state index in [4.69, 9.17) is 0 Å². The van der Waals surface area contributed by atoms with Gasteiger partial charge in [-0.05, 0) is 22.3 Å². The molecule has 2 aromatic rings. The Hall–Kier alpha value is -1.04. The molecule has 0 heterocycles. The molecule has 0 N–H and O–H groups in total. The van der Waals surface area contributed by atoms with E-state index in [-0.39, 0.29) is 17.1 Å². The minimum absolute atomic E-state index is 0. The van der Waals surface area contributed by atoms with E-state index < -0.39 is 0 Å². The van der Waals surface area contributed by atoms with E-state index in [0.717, 1.165) is 0 Å². The summed E-state index contributed by atoms with van der Waals surface area (Å²) in [4.78, 5) is 0. The first-order valence-corrected chi connectivity index (χ1v) is 4.15. The van der Waals surface area contributed by atoms with Gasteiger partial charge in [0.1, 0.15) is 0 Å². The van der Waals surface area contributed by atoms with Gasteiger partial charge in [0.25, 0.3) is 0 Å². The first-order chi connectivity index (χ1) is 5.97. The van der Waals surface area contributed by atoms with Crippen molar-refractivity contribution in [3.63, 3.8) is 0 Å². The third kappa shape index (κ3) is 1.05. The van der Waals surface area contributed by atoms with Gasteiger partial charge in [0.2, 0.25) is 0 Å². The zero-order chi connectivity index (χ0) is 7.97. The summed E-state index contributed by atoms with van der Waals surface area (Å²) in [6.45, 7) is 0. The zero-order valence-corrected chi connectivity index (χ0v) is 8.08. The molecule has 1 aliphatic carbocycles. The van der Waals surface area contributed by atoms with Crippen LogP contribution in [0.3, 0.4) is 0 Å². The van der Waals surface area contributed by atoms with Crippen molar-refractivity contribution in [1.82, 2.24) is 0 Å². The van der Waals surface area contributed by atoms with Crippen molar-refractivity contribution in [2.24, 2.45) is 0 Å². The van der Waals surface area contributed by atoms with E-state index in [0.29, 0.717) is 0 Å². The maximum atomic E-state index is 2.18. The first-order valence-electron chi connectivity index (χ1n) is 4.15. The second-order valence-corrected chi connectivity index (χ2v) is 3.09. The maximum Gasteiger partial charge on any atom is 3.00 e. The smallest absolute Gasteiger partial charge is 0.0616 e. The van der Waals surface area contributed by atoms with Crippen LogP contribution < -0.4 is 0 Å². The van der Waals surface area contributed by atoms with Gasteiger partial charge < -0.3 is 0 Å². The number of fused-ring (bicyclic) bond motifs is 4. The van der Waals surface area contributed by atoms with Crippen LogP contribution in [-0.2, 0) is 17.1 Å². The Morgan fingerprint density at radius 3 is 0.923 bits per heavy atom. The van der Waals surface area contributed by atoms with Gasteiger partial charge in [0.05, 0.1) is 0 Å². The predicted octanol–water partition coefficient (Wildman–Crippen LogP) is 3.33. The molecular formula is C12H8Fe+3. The maximum absolute atomic E-state index is 2.18. The van der Waals surface area contributed by atoms with Crippen molar-refractivity contribution in [2.45, 2.75) is 0 Å². The van der Waals surface area contributed by atoms with E-state index in [2.05, 4.69) is 48.5 Å². The minimum Gasteiger partial charge on any atom is -0.0616 e. The fourth-order valence-electron chi connectivity index (χ4n) is 1.84. The molecule has 61 valence electrons. The Morgan fingerprint density at radius 2 is 0.692 bits per heavy atom. The van der Waals surface area contributed by atoms with E-state index in [1.165, 1.54) is 22.3 Å². The average molecular weight is 208 g/mol. The van der Waals surface area contributed by atoms with Crippen molar-refractivity contribution in [2.75, 3.05) is 0 Å². The number of benzene rings is 2. The summed E-state index contributed by atoms with van der Waals surface area (Å²) >= 11 is 0. The van der Waals surface area contributed by atoms with Gasteiger partial charge in [-0.15, -0.1) is 0 Å². The number of rotatable bonds is 0. The molecule has 2 aromatic carbocycles. The molecule has 1 heteroatoms. The van der Waals surface area contributed by atoms with Crippen LogP contribution in [0.4, 0.5) is 0 Å². The molecule has 1 radical (unpaired) electrons. The molecule has 0 fully saturated rings. The molecule has 0 unspecified atom stereocenters. The Labute approximate surface area is 88.1 Å².